The van der Waals surface area contributed by atoms with Crippen molar-refractivity contribution >= 4 is 17.3 Å². The van der Waals surface area contributed by atoms with Gasteiger partial charge in [-0.2, -0.15) is 0 Å². The van der Waals surface area contributed by atoms with Crippen LogP contribution in [-0.4, -0.2) is 60.9 Å². The molecule has 6 nitrogen and oxygen atoms in total. The van der Waals surface area contributed by atoms with E-state index >= 15 is 0 Å². The van der Waals surface area contributed by atoms with Crippen LogP contribution in [0.25, 0.3) is 0 Å². The molecule has 1 atom stereocenters. The molecule has 1 unspecified atom stereocenters. The first-order valence-electron chi connectivity index (χ1n) is 8.42. The Kier molecular flexibility index (Phi) is 5.56. The lowest BCUT2D eigenvalue weighted by Gasteiger charge is -2.29. The predicted molar refractivity (Wildman–Crippen MR) is 102 cm³/mol. The average Bonchev–Trinajstić information content (AvgIpc) is 2.52. The maximum atomic E-state index is 13.1. The molecule has 0 fully saturated rings. The standard InChI is InChI=1S/C20H26N2O4/c1-11(2)7-8-13(21(3)4)12-9-15(23)17-16(24)10-14(22(5)6)20(26)18(17)19(12)25/h7,9-10,13,24,26H,8H2,1-6H3. The molecule has 0 amide bonds. The molecule has 1 aromatic rings. The number of benzene rings is 1. The van der Waals surface area contributed by atoms with Crippen molar-refractivity contribution in [1.82, 2.24) is 4.90 Å². The van der Waals surface area contributed by atoms with Crippen molar-refractivity contribution in [2.24, 2.45) is 0 Å². The number of rotatable bonds is 5. The van der Waals surface area contributed by atoms with Crippen LogP contribution in [0.5, 0.6) is 11.5 Å². The molecule has 0 saturated carbocycles. The monoisotopic (exact) mass is 358 g/mol. The topological polar surface area (TPSA) is 81.1 Å². The maximum absolute atomic E-state index is 13.1. The SMILES string of the molecule is CC(C)=CCC(C1=CC(=O)c2c(O)cc(N(C)C)c(O)c2C1=O)N(C)C. The number of carbonyl (C=O) groups excluding carboxylic acids is 2. The number of anilines is 1. The highest BCUT2D eigenvalue weighted by Gasteiger charge is 2.36. The fraction of sp³-hybridized carbons (Fsp3) is 0.400. The minimum Gasteiger partial charge on any atom is -0.507 e. The number of allylic oxidation sites excluding steroid dienone is 2. The van der Waals surface area contributed by atoms with Crippen LogP contribution in [0.4, 0.5) is 5.69 Å². The van der Waals surface area contributed by atoms with Crippen LogP contribution < -0.4 is 4.90 Å². The lowest BCUT2D eigenvalue weighted by Crippen LogP contribution is -2.35. The molecule has 1 aliphatic rings. The molecular weight excluding hydrogens is 332 g/mol. The number of hydrogen-bond acceptors (Lipinski definition) is 6. The number of hydrogen-bond donors (Lipinski definition) is 2. The van der Waals surface area contributed by atoms with Gasteiger partial charge in [-0.15, -0.1) is 0 Å². The zero-order chi connectivity index (χ0) is 19.8. The predicted octanol–water partition coefficient (Wildman–Crippen LogP) is 2.76. The van der Waals surface area contributed by atoms with Crippen molar-refractivity contribution in [3.8, 4) is 11.5 Å². The Hall–Kier alpha value is -2.60. The van der Waals surface area contributed by atoms with Gasteiger partial charge in [0, 0.05) is 31.8 Å². The number of phenolic OH excluding ortho intramolecular Hbond substituents is 2. The number of aromatic hydroxyl groups is 2. The Labute approximate surface area is 154 Å². The van der Waals surface area contributed by atoms with Crippen molar-refractivity contribution in [2.45, 2.75) is 26.3 Å². The summed E-state index contributed by atoms with van der Waals surface area (Å²) < 4.78 is 0. The summed E-state index contributed by atoms with van der Waals surface area (Å²) in [5.41, 5.74) is 1.45. The molecule has 6 heteroatoms. The summed E-state index contributed by atoms with van der Waals surface area (Å²) in [6, 6.07) is 0.990. The van der Waals surface area contributed by atoms with Crippen LogP contribution >= 0.6 is 0 Å². The van der Waals surface area contributed by atoms with Crippen LogP contribution in [-0.2, 0) is 0 Å². The van der Waals surface area contributed by atoms with Gasteiger partial charge < -0.3 is 20.0 Å². The summed E-state index contributed by atoms with van der Waals surface area (Å²) >= 11 is 0. The average molecular weight is 358 g/mol. The fourth-order valence-electron chi connectivity index (χ4n) is 3.09. The first-order valence-corrected chi connectivity index (χ1v) is 8.42. The quantitative estimate of drug-likeness (QED) is 0.622. The van der Waals surface area contributed by atoms with Crippen molar-refractivity contribution < 1.29 is 19.8 Å². The number of fused-ring (bicyclic) bond motifs is 1. The van der Waals surface area contributed by atoms with Crippen molar-refractivity contribution in [2.75, 3.05) is 33.1 Å². The van der Waals surface area contributed by atoms with E-state index in [0.29, 0.717) is 12.0 Å². The number of Topliss-reactive ketones (excluding diaryl/α,β-unsaturated/α-hetero) is 1. The number of likely N-dealkylation sites (N-methyl/N-ethyl adjacent to an activating group) is 1. The molecule has 0 heterocycles. The highest BCUT2D eigenvalue weighted by molar-refractivity contribution is 6.27. The van der Waals surface area contributed by atoms with Gasteiger partial charge in [-0.3, -0.25) is 9.59 Å². The van der Waals surface area contributed by atoms with E-state index in [2.05, 4.69) is 0 Å². The maximum Gasteiger partial charge on any atom is 0.195 e. The second-order valence-electron chi connectivity index (χ2n) is 7.20. The Bertz CT molecular complexity index is 816. The van der Waals surface area contributed by atoms with Gasteiger partial charge in [-0.25, -0.2) is 0 Å². The molecule has 0 radical (unpaired) electrons. The van der Waals surface area contributed by atoms with E-state index < -0.39 is 11.6 Å². The zero-order valence-electron chi connectivity index (χ0n) is 16.1. The van der Waals surface area contributed by atoms with Gasteiger partial charge in [0.15, 0.2) is 17.3 Å². The molecule has 0 aliphatic heterocycles. The molecule has 0 bridgehead atoms. The van der Waals surface area contributed by atoms with Crippen LogP contribution in [0, 0.1) is 0 Å². The van der Waals surface area contributed by atoms with Gasteiger partial charge in [-0.1, -0.05) is 11.6 Å². The first kappa shape index (κ1) is 19.7. The van der Waals surface area contributed by atoms with Gasteiger partial charge in [0.25, 0.3) is 0 Å². The number of ketones is 2. The molecule has 26 heavy (non-hydrogen) atoms. The third-order valence-electron chi connectivity index (χ3n) is 4.49. The summed E-state index contributed by atoms with van der Waals surface area (Å²) in [7, 11) is 7.05. The smallest absolute Gasteiger partial charge is 0.195 e. The lowest BCUT2D eigenvalue weighted by atomic mass is 9.83. The minimum absolute atomic E-state index is 0.125. The summed E-state index contributed by atoms with van der Waals surface area (Å²) in [5.74, 6) is -1.50. The molecule has 0 aromatic heterocycles. The van der Waals surface area contributed by atoms with E-state index in [1.54, 1.807) is 19.0 Å². The summed E-state index contributed by atoms with van der Waals surface area (Å²) in [4.78, 5) is 29.2. The number of nitrogens with zero attached hydrogens (tertiary/aromatic N) is 2. The highest BCUT2D eigenvalue weighted by atomic mass is 16.3. The Morgan fingerprint density at radius 3 is 2.23 bits per heavy atom. The molecule has 1 aliphatic carbocycles. The van der Waals surface area contributed by atoms with Gasteiger partial charge in [0.05, 0.1) is 16.8 Å². The van der Waals surface area contributed by atoms with E-state index in [1.165, 1.54) is 12.1 Å². The van der Waals surface area contributed by atoms with E-state index in [0.717, 1.165) is 5.57 Å². The lowest BCUT2D eigenvalue weighted by molar-refractivity contribution is 0.0964. The van der Waals surface area contributed by atoms with Crippen molar-refractivity contribution in [3.05, 3.63) is 40.5 Å². The van der Waals surface area contributed by atoms with Crippen molar-refractivity contribution in [3.63, 3.8) is 0 Å². The highest BCUT2D eigenvalue weighted by Crippen LogP contribution is 2.42. The van der Waals surface area contributed by atoms with E-state index in [4.69, 9.17) is 0 Å². The zero-order valence-corrected chi connectivity index (χ0v) is 16.1. The number of carbonyl (C=O) groups is 2. The third kappa shape index (κ3) is 3.51. The summed E-state index contributed by atoms with van der Waals surface area (Å²) in [6.07, 6.45) is 3.85. The second-order valence-corrected chi connectivity index (χ2v) is 7.20. The van der Waals surface area contributed by atoms with Crippen LogP contribution in [0.3, 0.4) is 0 Å². The van der Waals surface area contributed by atoms with Crippen LogP contribution in [0.2, 0.25) is 0 Å². The molecular formula is C20H26N2O4. The van der Waals surface area contributed by atoms with E-state index in [-0.39, 0.29) is 34.4 Å². The van der Waals surface area contributed by atoms with Crippen LogP contribution in [0.15, 0.2) is 29.4 Å². The number of phenols is 2. The van der Waals surface area contributed by atoms with Gasteiger partial charge >= 0.3 is 0 Å². The van der Waals surface area contributed by atoms with Gasteiger partial charge in [0.1, 0.15) is 5.75 Å². The molecule has 2 rings (SSSR count). The Morgan fingerprint density at radius 1 is 1.12 bits per heavy atom. The van der Waals surface area contributed by atoms with E-state index in [1.807, 2.05) is 38.9 Å². The molecule has 0 spiro atoms. The third-order valence-corrected chi connectivity index (χ3v) is 4.49. The summed E-state index contributed by atoms with van der Waals surface area (Å²) in [6.45, 7) is 3.94. The Balaban J connectivity index is 2.63. The van der Waals surface area contributed by atoms with Gasteiger partial charge in [-0.05, 0) is 40.4 Å². The Morgan fingerprint density at radius 2 is 1.73 bits per heavy atom. The first-order chi connectivity index (χ1) is 12.1. The van der Waals surface area contributed by atoms with Gasteiger partial charge in [0.2, 0.25) is 0 Å². The molecule has 140 valence electrons. The largest absolute Gasteiger partial charge is 0.507 e. The molecule has 0 saturated heterocycles. The van der Waals surface area contributed by atoms with E-state index in [9.17, 15) is 19.8 Å². The normalized spacial score (nSPS) is 14.8. The van der Waals surface area contributed by atoms with Crippen molar-refractivity contribution in [1.29, 1.82) is 0 Å². The fourth-order valence-corrected chi connectivity index (χ4v) is 3.09. The molecule has 1 aromatic carbocycles. The minimum atomic E-state index is -0.475. The van der Waals surface area contributed by atoms with Crippen LogP contribution in [0.1, 0.15) is 41.0 Å². The summed E-state index contributed by atoms with van der Waals surface area (Å²) in [5, 5.41) is 20.8. The second kappa shape index (κ2) is 7.33. The molecule has 2 N–H and O–H groups in total.